The van der Waals surface area contributed by atoms with Crippen LogP contribution in [0.4, 0.5) is 5.95 Å². The van der Waals surface area contributed by atoms with Crippen LogP contribution in [-0.4, -0.2) is 16.1 Å². The van der Waals surface area contributed by atoms with Gasteiger partial charge in [0.05, 0.1) is 11.5 Å². The highest BCUT2D eigenvalue weighted by molar-refractivity contribution is 7.16. The summed E-state index contributed by atoms with van der Waals surface area (Å²) >= 11 is 1.54. The maximum Gasteiger partial charge on any atom is 0.227 e. The van der Waals surface area contributed by atoms with Crippen LogP contribution in [0.25, 0.3) is 10.2 Å². The lowest BCUT2D eigenvalue weighted by Gasteiger charge is -2.12. The quantitative estimate of drug-likeness (QED) is 0.868. The topological polar surface area (TPSA) is 61.0 Å². The Bertz CT molecular complexity index is 469. The molecule has 0 radical (unpaired) electrons. The van der Waals surface area contributed by atoms with Crippen LogP contribution < -0.4 is 10.5 Å². The molecule has 5 heteroatoms. The summed E-state index contributed by atoms with van der Waals surface area (Å²) in [5.74, 6) is 0.858. The minimum absolute atomic E-state index is 0.141. The second-order valence-electron chi connectivity index (χ2n) is 3.36. The van der Waals surface area contributed by atoms with Crippen molar-refractivity contribution in [2.75, 3.05) is 5.73 Å². The van der Waals surface area contributed by atoms with Crippen molar-refractivity contribution in [1.29, 1.82) is 0 Å². The van der Waals surface area contributed by atoms with Gasteiger partial charge in [-0.25, -0.2) is 4.98 Å². The van der Waals surface area contributed by atoms with Crippen LogP contribution >= 0.6 is 11.3 Å². The van der Waals surface area contributed by atoms with Crippen molar-refractivity contribution in [1.82, 2.24) is 9.97 Å². The molecule has 0 saturated carbocycles. The standard InChI is InChI=1S/C10H13N3OS/c1-3-6(2)14-8-7-4-5-15-9(7)13-10(11)12-8/h4-6H,3H2,1-2H3,(H2,11,12,13). The molecule has 0 saturated heterocycles. The molecule has 15 heavy (non-hydrogen) atoms. The molecule has 0 spiro atoms. The summed E-state index contributed by atoms with van der Waals surface area (Å²) < 4.78 is 5.69. The van der Waals surface area contributed by atoms with Gasteiger partial charge in [-0.1, -0.05) is 6.92 Å². The van der Waals surface area contributed by atoms with E-state index in [2.05, 4.69) is 16.9 Å². The van der Waals surface area contributed by atoms with Gasteiger partial charge in [-0.15, -0.1) is 11.3 Å². The maximum absolute atomic E-state index is 5.69. The Kier molecular flexibility index (Phi) is 2.73. The van der Waals surface area contributed by atoms with Gasteiger partial charge in [0, 0.05) is 0 Å². The Morgan fingerprint density at radius 3 is 3.07 bits per heavy atom. The molecule has 2 N–H and O–H groups in total. The van der Waals surface area contributed by atoms with Gasteiger partial charge < -0.3 is 10.5 Å². The van der Waals surface area contributed by atoms with Crippen molar-refractivity contribution < 1.29 is 4.74 Å². The summed E-state index contributed by atoms with van der Waals surface area (Å²) in [6, 6.07) is 1.96. The Labute approximate surface area is 92.1 Å². The fourth-order valence-corrected chi connectivity index (χ4v) is 1.97. The third-order valence-corrected chi connectivity index (χ3v) is 3.00. The maximum atomic E-state index is 5.69. The summed E-state index contributed by atoms with van der Waals surface area (Å²) in [4.78, 5) is 9.12. The molecule has 4 nitrogen and oxygen atoms in total. The van der Waals surface area contributed by atoms with Gasteiger partial charge in [0.25, 0.3) is 0 Å². The van der Waals surface area contributed by atoms with E-state index in [-0.39, 0.29) is 12.1 Å². The number of nitrogens with two attached hydrogens (primary N) is 1. The van der Waals surface area contributed by atoms with E-state index >= 15 is 0 Å². The number of rotatable bonds is 3. The number of thiophene rings is 1. The largest absolute Gasteiger partial charge is 0.474 e. The van der Waals surface area contributed by atoms with Crippen molar-refractivity contribution in [3.8, 4) is 5.88 Å². The monoisotopic (exact) mass is 223 g/mol. The summed E-state index contributed by atoms with van der Waals surface area (Å²) in [5.41, 5.74) is 5.61. The minimum atomic E-state index is 0.141. The first-order chi connectivity index (χ1) is 7.20. The lowest BCUT2D eigenvalue weighted by atomic mass is 10.3. The average molecular weight is 223 g/mol. The molecule has 1 unspecified atom stereocenters. The zero-order valence-corrected chi connectivity index (χ0v) is 9.54. The third-order valence-electron chi connectivity index (χ3n) is 2.20. The fourth-order valence-electron chi connectivity index (χ4n) is 1.21. The Hall–Kier alpha value is -1.36. The van der Waals surface area contributed by atoms with Crippen LogP contribution in [0, 0.1) is 0 Å². The zero-order chi connectivity index (χ0) is 10.8. The lowest BCUT2D eigenvalue weighted by molar-refractivity contribution is 0.212. The molecule has 0 bridgehead atoms. The predicted octanol–water partition coefficient (Wildman–Crippen LogP) is 2.45. The molecular weight excluding hydrogens is 210 g/mol. The van der Waals surface area contributed by atoms with E-state index in [4.69, 9.17) is 10.5 Å². The molecule has 0 aliphatic heterocycles. The van der Waals surface area contributed by atoms with E-state index in [0.717, 1.165) is 16.6 Å². The van der Waals surface area contributed by atoms with E-state index in [9.17, 15) is 0 Å². The average Bonchev–Trinajstić information content (AvgIpc) is 2.65. The minimum Gasteiger partial charge on any atom is -0.474 e. The van der Waals surface area contributed by atoms with Crippen molar-refractivity contribution in [3.63, 3.8) is 0 Å². The Balaban J connectivity index is 2.44. The first kappa shape index (κ1) is 10.2. The van der Waals surface area contributed by atoms with Gasteiger partial charge in [-0.2, -0.15) is 4.98 Å². The van der Waals surface area contributed by atoms with Gasteiger partial charge in [0.2, 0.25) is 11.8 Å². The number of ether oxygens (including phenoxy) is 1. The van der Waals surface area contributed by atoms with Crippen molar-refractivity contribution in [2.45, 2.75) is 26.4 Å². The van der Waals surface area contributed by atoms with Gasteiger partial charge in [0.1, 0.15) is 4.83 Å². The summed E-state index contributed by atoms with van der Waals surface area (Å²) in [5, 5.41) is 2.90. The van der Waals surface area contributed by atoms with Crippen LogP contribution in [0.3, 0.4) is 0 Å². The molecule has 80 valence electrons. The molecule has 0 aliphatic rings. The second kappa shape index (κ2) is 4.02. The number of hydrogen-bond donors (Lipinski definition) is 1. The fraction of sp³-hybridized carbons (Fsp3) is 0.400. The van der Waals surface area contributed by atoms with Crippen LogP contribution in [-0.2, 0) is 0 Å². The van der Waals surface area contributed by atoms with Crippen LogP contribution in [0.2, 0.25) is 0 Å². The number of nitrogen functional groups attached to an aromatic ring is 1. The molecule has 2 heterocycles. The van der Waals surface area contributed by atoms with E-state index in [1.54, 1.807) is 0 Å². The van der Waals surface area contributed by atoms with Gasteiger partial charge in [-0.05, 0) is 24.8 Å². The molecule has 0 aliphatic carbocycles. The van der Waals surface area contributed by atoms with Crippen LogP contribution in [0.5, 0.6) is 5.88 Å². The molecular formula is C10H13N3OS. The highest BCUT2D eigenvalue weighted by Crippen LogP contribution is 2.28. The highest BCUT2D eigenvalue weighted by atomic mass is 32.1. The summed E-state index contributed by atoms with van der Waals surface area (Å²) in [7, 11) is 0. The van der Waals surface area contributed by atoms with Gasteiger partial charge >= 0.3 is 0 Å². The van der Waals surface area contributed by atoms with Crippen molar-refractivity contribution in [2.24, 2.45) is 0 Å². The molecule has 0 aromatic carbocycles. The third kappa shape index (κ3) is 2.02. The predicted molar refractivity (Wildman–Crippen MR) is 62.2 cm³/mol. The lowest BCUT2D eigenvalue weighted by Crippen LogP contribution is -2.11. The first-order valence-electron chi connectivity index (χ1n) is 4.88. The number of hydrogen-bond acceptors (Lipinski definition) is 5. The van der Waals surface area contributed by atoms with Crippen LogP contribution in [0.1, 0.15) is 20.3 Å². The second-order valence-corrected chi connectivity index (χ2v) is 4.26. The SMILES string of the molecule is CCC(C)Oc1nc(N)nc2sccc12. The number of fused-ring (bicyclic) bond motifs is 1. The van der Waals surface area contributed by atoms with Gasteiger partial charge in [0.15, 0.2) is 0 Å². The van der Waals surface area contributed by atoms with Gasteiger partial charge in [-0.3, -0.25) is 0 Å². The number of nitrogens with zero attached hydrogens (tertiary/aromatic N) is 2. The molecule has 1 atom stereocenters. The zero-order valence-electron chi connectivity index (χ0n) is 8.73. The van der Waals surface area contributed by atoms with Crippen molar-refractivity contribution >= 4 is 27.5 Å². The molecule has 0 fully saturated rings. The molecule has 2 aromatic heterocycles. The van der Waals surface area contributed by atoms with E-state index in [0.29, 0.717) is 5.88 Å². The van der Waals surface area contributed by atoms with E-state index in [1.807, 2.05) is 18.4 Å². The first-order valence-corrected chi connectivity index (χ1v) is 5.76. The number of anilines is 1. The summed E-state index contributed by atoms with van der Waals surface area (Å²) in [6.45, 7) is 4.08. The van der Waals surface area contributed by atoms with E-state index in [1.165, 1.54) is 11.3 Å². The van der Waals surface area contributed by atoms with Crippen LogP contribution in [0.15, 0.2) is 11.4 Å². The molecule has 0 amide bonds. The molecule has 2 aromatic rings. The Morgan fingerprint density at radius 1 is 1.53 bits per heavy atom. The number of aromatic nitrogens is 2. The highest BCUT2D eigenvalue weighted by Gasteiger charge is 2.10. The summed E-state index contributed by atoms with van der Waals surface area (Å²) in [6.07, 6.45) is 1.08. The van der Waals surface area contributed by atoms with E-state index < -0.39 is 0 Å². The normalized spacial score (nSPS) is 12.9. The smallest absolute Gasteiger partial charge is 0.227 e. The van der Waals surface area contributed by atoms with Crippen molar-refractivity contribution in [3.05, 3.63) is 11.4 Å². The Morgan fingerprint density at radius 2 is 2.33 bits per heavy atom. The molecule has 2 rings (SSSR count).